The SMILES string of the molecule is CCc1cc2c(C)cc(=O)oc2cc1OC(=O)C(N)C(C)C.[Cl-]. The maximum atomic E-state index is 12.1. The van der Waals surface area contributed by atoms with E-state index in [0.717, 1.165) is 16.5 Å². The zero-order valence-corrected chi connectivity index (χ0v) is 14.4. The Morgan fingerprint density at radius 1 is 1.30 bits per heavy atom. The monoisotopic (exact) mass is 338 g/mol. The Labute approximate surface area is 141 Å². The van der Waals surface area contributed by atoms with E-state index in [2.05, 4.69) is 0 Å². The van der Waals surface area contributed by atoms with Gasteiger partial charge in [-0.05, 0) is 36.5 Å². The van der Waals surface area contributed by atoms with E-state index >= 15 is 0 Å². The summed E-state index contributed by atoms with van der Waals surface area (Å²) >= 11 is 0. The third kappa shape index (κ3) is 4.12. The smallest absolute Gasteiger partial charge is 0.336 e. The highest BCUT2D eigenvalue weighted by Gasteiger charge is 2.21. The lowest BCUT2D eigenvalue weighted by molar-refractivity contribution is -0.136. The largest absolute Gasteiger partial charge is 1.00 e. The molecule has 6 heteroatoms. The van der Waals surface area contributed by atoms with Gasteiger partial charge >= 0.3 is 11.6 Å². The van der Waals surface area contributed by atoms with Crippen molar-refractivity contribution in [3.05, 3.63) is 39.7 Å². The molecular formula is C17H21ClNO4-. The van der Waals surface area contributed by atoms with E-state index in [-0.39, 0.29) is 18.3 Å². The number of ether oxygens (including phenoxy) is 1. The van der Waals surface area contributed by atoms with E-state index in [1.807, 2.05) is 33.8 Å². The maximum absolute atomic E-state index is 12.1. The Hall–Kier alpha value is -1.85. The zero-order chi connectivity index (χ0) is 16.4. The molecule has 0 fully saturated rings. The van der Waals surface area contributed by atoms with Gasteiger partial charge in [0, 0.05) is 17.5 Å². The first-order chi connectivity index (χ1) is 10.3. The van der Waals surface area contributed by atoms with Crippen molar-refractivity contribution in [2.24, 2.45) is 11.7 Å². The summed E-state index contributed by atoms with van der Waals surface area (Å²) in [4.78, 5) is 23.5. The van der Waals surface area contributed by atoms with Crippen molar-refractivity contribution >= 4 is 16.9 Å². The molecular weight excluding hydrogens is 318 g/mol. The van der Waals surface area contributed by atoms with Crippen molar-refractivity contribution in [2.45, 2.75) is 40.2 Å². The third-order valence-electron chi connectivity index (χ3n) is 3.71. The Balaban J connectivity index is 0.00000264. The normalized spacial score (nSPS) is 12.1. The zero-order valence-electron chi connectivity index (χ0n) is 13.7. The van der Waals surface area contributed by atoms with Gasteiger partial charge in [0.15, 0.2) is 0 Å². The molecule has 0 spiro atoms. The molecule has 2 aromatic rings. The number of aryl methyl sites for hydroxylation is 2. The quantitative estimate of drug-likeness (QED) is 0.464. The van der Waals surface area contributed by atoms with Crippen LogP contribution in [0.1, 0.15) is 31.9 Å². The highest BCUT2D eigenvalue weighted by atomic mass is 35.5. The van der Waals surface area contributed by atoms with Crippen molar-refractivity contribution < 1.29 is 26.4 Å². The number of benzene rings is 1. The number of hydrogen-bond acceptors (Lipinski definition) is 5. The number of nitrogens with two attached hydrogens (primary N) is 1. The van der Waals surface area contributed by atoms with Gasteiger partial charge in [-0.25, -0.2) is 9.59 Å². The van der Waals surface area contributed by atoms with Gasteiger partial charge in [0.25, 0.3) is 0 Å². The summed E-state index contributed by atoms with van der Waals surface area (Å²) in [5.41, 5.74) is 7.49. The molecule has 1 aromatic heterocycles. The topological polar surface area (TPSA) is 82.5 Å². The molecule has 1 aromatic carbocycles. The fraction of sp³-hybridized carbons (Fsp3) is 0.412. The van der Waals surface area contributed by atoms with Crippen molar-refractivity contribution in [1.82, 2.24) is 0 Å². The number of hydrogen-bond donors (Lipinski definition) is 1. The second-order valence-electron chi connectivity index (χ2n) is 5.75. The molecule has 0 aliphatic rings. The van der Waals surface area contributed by atoms with Gasteiger partial charge in [0.05, 0.1) is 0 Å². The standard InChI is InChI=1S/C17H21NO4.ClH/c1-5-11-7-12-10(4)6-15(19)21-14(12)8-13(11)22-17(20)16(18)9(2)3;/h6-9,16H,5,18H2,1-4H3;1H/p-1. The van der Waals surface area contributed by atoms with Crippen LogP contribution in [-0.4, -0.2) is 12.0 Å². The van der Waals surface area contributed by atoms with E-state index < -0.39 is 17.6 Å². The molecule has 0 saturated carbocycles. The third-order valence-corrected chi connectivity index (χ3v) is 3.71. The maximum Gasteiger partial charge on any atom is 0.336 e. The number of rotatable bonds is 4. The summed E-state index contributed by atoms with van der Waals surface area (Å²) in [5, 5.41) is 0.837. The van der Waals surface area contributed by atoms with Crippen molar-refractivity contribution in [1.29, 1.82) is 0 Å². The Kier molecular flexibility index (Phi) is 6.36. The number of halogens is 1. The van der Waals surface area contributed by atoms with E-state index in [1.165, 1.54) is 6.07 Å². The first-order valence-electron chi connectivity index (χ1n) is 7.38. The summed E-state index contributed by atoms with van der Waals surface area (Å²) < 4.78 is 10.6. The molecule has 0 radical (unpaired) electrons. The molecule has 126 valence electrons. The van der Waals surface area contributed by atoms with Crippen LogP contribution in [0.25, 0.3) is 11.0 Å². The van der Waals surface area contributed by atoms with Gasteiger partial charge in [0.2, 0.25) is 0 Å². The lowest BCUT2D eigenvalue weighted by Crippen LogP contribution is -3.00. The molecule has 23 heavy (non-hydrogen) atoms. The van der Waals surface area contributed by atoms with Crippen LogP contribution in [0.2, 0.25) is 0 Å². The van der Waals surface area contributed by atoms with Gasteiger partial charge in [-0.15, -0.1) is 0 Å². The summed E-state index contributed by atoms with van der Waals surface area (Å²) in [5.74, 6) is -0.109. The molecule has 5 nitrogen and oxygen atoms in total. The summed E-state index contributed by atoms with van der Waals surface area (Å²) in [6.45, 7) is 7.53. The minimum absolute atomic E-state index is 0. The van der Waals surface area contributed by atoms with E-state index in [4.69, 9.17) is 14.9 Å². The molecule has 1 unspecified atom stereocenters. The van der Waals surface area contributed by atoms with Crippen LogP contribution in [0.3, 0.4) is 0 Å². The first-order valence-corrected chi connectivity index (χ1v) is 7.38. The molecule has 2 N–H and O–H groups in total. The van der Waals surface area contributed by atoms with Gasteiger partial charge in [0.1, 0.15) is 17.4 Å². The molecule has 0 bridgehead atoms. The molecule has 0 aliphatic heterocycles. The predicted octanol–water partition coefficient (Wildman–Crippen LogP) is -0.443. The summed E-state index contributed by atoms with van der Waals surface area (Å²) in [6, 6.07) is 4.23. The van der Waals surface area contributed by atoms with E-state index in [1.54, 1.807) is 6.07 Å². The fourth-order valence-electron chi connectivity index (χ4n) is 2.21. The minimum Gasteiger partial charge on any atom is -1.00 e. The van der Waals surface area contributed by atoms with Crippen molar-refractivity contribution in [2.75, 3.05) is 0 Å². The molecule has 1 atom stereocenters. The number of carbonyl (C=O) groups excluding carboxylic acids is 1. The van der Waals surface area contributed by atoms with Gasteiger partial charge in [-0.3, -0.25) is 0 Å². The van der Waals surface area contributed by atoms with Gasteiger partial charge in [-0.1, -0.05) is 20.8 Å². The lowest BCUT2D eigenvalue weighted by Gasteiger charge is -2.16. The Morgan fingerprint density at radius 2 is 1.96 bits per heavy atom. The number of carbonyl (C=O) groups is 1. The van der Waals surface area contributed by atoms with E-state index in [0.29, 0.717) is 17.8 Å². The molecule has 1 heterocycles. The Morgan fingerprint density at radius 3 is 2.52 bits per heavy atom. The first kappa shape index (κ1) is 19.2. The van der Waals surface area contributed by atoms with Crippen LogP contribution in [-0.2, 0) is 11.2 Å². The van der Waals surface area contributed by atoms with Gasteiger partial charge < -0.3 is 27.3 Å². The highest BCUT2D eigenvalue weighted by Crippen LogP contribution is 2.28. The highest BCUT2D eigenvalue weighted by molar-refractivity contribution is 5.85. The summed E-state index contributed by atoms with van der Waals surface area (Å²) in [7, 11) is 0. The number of esters is 1. The van der Waals surface area contributed by atoms with Crippen LogP contribution >= 0.6 is 0 Å². The molecule has 0 amide bonds. The number of fused-ring (bicyclic) bond motifs is 1. The Bertz CT molecular complexity index is 767. The molecule has 0 saturated heterocycles. The van der Waals surface area contributed by atoms with Crippen LogP contribution in [0.4, 0.5) is 0 Å². The van der Waals surface area contributed by atoms with Crippen LogP contribution < -0.4 is 28.5 Å². The second kappa shape index (κ2) is 7.62. The van der Waals surface area contributed by atoms with Crippen molar-refractivity contribution in [3.8, 4) is 5.75 Å². The summed E-state index contributed by atoms with van der Waals surface area (Å²) in [6.07, 6.45) is 0.689. The van der Waals surface area contributed by atoms with Crippen molar-refractivity contribution in [3.63, 3.8) is 0 Å². The average molecular weight is 339 g/mol. The molecule has 0 aliphatic carbocycles. The minimum atomic E-state index is -0.690. The van der Waals surface area contributed by atoms with Crippen LogP contribution in [0.5, 0.6) is 5.75 Å². The second-order valence-corrected chi connectivity index (χ2v) is 5.75. The van der Waals surface area contributed by atoms with E-state index in [9.17, 15) is 9.59 Å². The van der Waals surface area contributed by atoms with Gasteiger partial charge in [-0.2, -0.15) is 0 Å². The lowest BCUT2D eigenvalue weighted by atomic mass is 10.0. The van der Waals surface area contributed by atoms with Crippen LogP contribution in [0, 0.1) is 12.8 Å². The average Bonchev–Trinajstić information content (AvgIpc) is 2.45. The predicted molar refractivity (Wildman–Crippen MR) is 85.0 cm³/mol. The van der Waals surface area contributed by atoms with Crippen LogP contribution in [0.15, 0.2) is 27.4 Å². The fourth-order valence-corrected chi connectivity index (χ4v) is 2.21. The molecule has 2 rings (SSSR count).